The quantitative estimate of drug-likeness (QED) is 0.541. The van der Waals surface area contributed by atoms with Gasteiger partial charge in [-0.25, -0.2) is 0 Å². The summed E-state index contributed by atoms with van der Waals surface area (Å²) in [5.74, 6) is 1.34. The highest BCUT2D eigenvalue weighted by atomic mass is 16.5. The number of hydrogen-bond acceptors (Lipinski definition) is 3. The number of aromatic hydroxyl groups is 2. The molecule has 138 valence electrons. The van der Waals surface area contributed by atoms with Crippen molar-refractivity contribution < 1.29 is 14.9 Å². The van der Waals surface area contributed by atoms with E-state index >= 15 is 0 Å². The summed E-state index contributed by atoms with van der Waals surface area (Å²) in [6, 6.07) is 22.6. The van der Waals surface area contributed by atoms with Gasteiger partial charge in [0.2, 0.25) is 0 Å². The van der Waals surface area contributed by atoms with Gasteiger partial charge in [-0.1, -0.05) is 43.3 Å². The minimum atomic E-state index is 0.243. The number of rotatable bonds is 6. The molecule has 0 fully saturated rings. The molecular weight excluding hydrogens is 336 g/mol. The van der Waals surface area contributed by atoms with Gasteiger partial charge >= 0.3 is 0 Å². The smallest absolute Gasteiger partial charge is 0.119 e. The highest BCUT2D eigenvalue weighted by Crippen LogP contribution is 2.36. The number of benzene rings is 3. The monoisotopic (exact) mass is 360 g/mol. The van der Waals surface area contributed by atoms with Crippen molar-refractivity contribution in [3.05, 3.63) is 89.5 Å². The minimum absolute atomic E-state index is 0.243. The van der Waals surface area contributed by atoms with Crippen LogP contribution < -0.4 is 4.74 Å². The van der Waals surface area contributed by atoms with Crippen LogP contribution in [0.3, 0.4) is 0 Å². The van der Waals surface area contributed by atoms with Gasteiger partial charge in [0.15, 0.2) is 0 Å². The molecule has 0 spiro atoms. The van der Waals surface area contributed by atoms with Gasteiger partial charge in [0.1, 0.15) is 17.2 Å². The molecule has 0 atom stereocenters. The van der Waals surface area contributed by atoms with Crippen LogP contribution in [0.5, 0.6) is 17.2 Å². The molecule has 3 heteroatoms. The van der Waals surface area contributed by atoms with Gasteiger partial charge < -0.3 is 14.9 Å². The zero-order valence-electron chi connectivity index (χ0n) is 15.6. The van der Waals surface area contributed by atoms with Crippen molar-refractivity contribution in [1.29, 1.82) is 0 Å². The molecule has 0 aliphatic carbocycles. The third kappa shape index (κ3) is 4.32. The van der Waals surface area contributed by atoms with Gasteiger partial charge in [0, 0.05) is 0 Å². The molecule has 0 heterocycles. The summed E-state index contributed by atoms with van der Waals surface area (Å²) >= 11 is 0. The van der Waals surface area contributed by atoms with Crippen molar-refractivity contribution in [1.82, 2.24) is 0 Å². The Labute approximate surface area is 160 Å². The predicted molar refractivity (Wildman–Crippen MR) is 110 cm³/mol. The Morgan fingerprint density at radius 2 is 1.11 bits per heavy atom. The predicted octanol–water partition coefficient (Wildman–Crippen LogP) is 5.87. The van der Waals surface area contributed by atoms with Crippen LogP contribution in [0.25, 0.3) is 11.1 Å². The average molecular weight is 360 g/mol. The number of phenols is 2. The highest BCUT2D eigenvalue weighted by molar-refractivity contribution is 5.98. The number of allylic oxidation sites excluding steroid dienone is 1. The fourth-order valence-electron chi connectivity index (χ4n) is 3.22. The zero-order chi connectivity index (χ0) is 19.2. The molecule has 2 N–H and O–H groups in total. The summed E-state index contributed by atoms with van der Waals surface area (Å²) in [6.07, 6.45) is 0.828. The molecule has 0 radical (unpaired) electrons. The summed E-state index contributed by atoms with van der Waals surface area (Å²) in [6.45, 7) is 4.72. The van der Waals surface area contributed by atoms with Crippen molar-refractivity contribution in [2.75, 3.05) is 6.61 Å². The molecule has 3 rings (SSSR count). The van der Waals surface area contributed by atoms with E-state index in [4.69, 9.17) is 4.74 Å². The second-order valence-corrected chi connectivity index (χ2v) is 6.26. The molecule has 27 heavy (non-hydrogen) atoms. The molecule has 0 saturated heterocycles. The maximum absolute atomic E-state index is 9.69. The average Bonchev–Trinajstić information content (AvgIpc) is 2.69. The Kier molecular flexibility index (Phi) is 5.82. The third-order valence-electron chi connectivity index (χ3n) is 4.48. The van der Waals surface area contributed by atoms with Crippen molar-refractivity contribution in [2.24, 2.45) is 0 Å². The summed E-state index contributed by atoms with van der Waals surface area (Å²) in [5.41, 5.74) is 5.44. The van der Waals surface area contributed by atoms with Gasteiger partial charge in [0.25, 0.3) is 0 Å². The van der Waals surface area contributed by atoms with Crippen LogP contribution in [0.15, 0.2) is 72.8 Å². The van der Waals surface area contributed by atoms with Gasteiger partial charge in [-0.2, -0.15) is 0 Å². The lowest BCUT2D eigenvalue weighted by Gasteiger charge is -2.17. The lowest BCUT2D eigenvalue weighted by Crippen LogP contribution is -1.96. The van der Waals surface area contributed by atoms with E-state index in [1.54, 1.807) is 24.3 Å². The molecule has 0 aromatic heterocycles. The third-order valence-corrected chi connectivity index (χ3v) is 4.48. The van der Waals surface area contributed by atoms with E-state index in [2.05, 4.69) is 19.1 Å². The molecule has 3 aromatic carbocycles. The van der Waals surface area contributed by atoms with Crippen molar-refractivity contribution in [3.8, 4) is 17.2 Å². The Balaban J connectivity index is 2.19. The first-order valence-electron chi connectivity index (χ1n) is 9.17. The SMILES string of the molecule is CCOc1ccc(/C(=C(\CC)c2ccc(O)cc2)c2ccc(O)cc2)cc1. The first-order valence-corrected chi connectivity index (χ1v) is 9.17. The number of hydrogen-bond donors (Lipinski definition) is 2. The molecule has 3 aromatic rings. The second kappa shape index (κ2) is 8.45. The van der Waals surface area contributed by atoms with Crippen LogP contribution in [0.1, 0.15) is 37.0 Å². The first-order chi connectivity index (χ1) is 13.1. The molecule has 0 aliphatic heterocycles. The van der Waals surface area contributed by atoms with E-state index in [1.807, 2.05) is 43.3 Å². The Bertz CT molecular complexity index is 905. The molecule has 0 bridgehead atoms. The zero-order valence-corrected chi connectivity index (χ0v) is 15.6. The van der Waals surface area contributed by atoms with E-state index in [0.29, 0.717) is 6.61 Å². The van der Waals surface area contributed by atoms with Crippen LogP contribution >= 0.6 is 0 Å². The Hall–Kier alpha value is -3.20. The lowest BCUT2D eigenvalue weighted by molar-refractivity contribution is 0.340. The largest absolute Gasteiger partial charge is 0.508 e. The van der Waals surface area contributed by atoms with E-state index in [-0.39, 0.29) is 11.5 Å². The number of ether oxygens (including phenoxy) is 1. The highest BCUT2D eigenvalue weighted by Gasteiger charge is 2.13. The molecular formula is C24H24O3. The maximum atomic E-state index is 9.69. The van der Waals surface area contributed by atoms with Gasteiger partial charge in [0.05, 0.1) is 6.61 Å². The van der Waals surface area contributed by atoms with Gasteiger partial charge in [-0.3, -0.25) is 0 Å². The normalized spacial score (nSPS) is 11.8. The molecule has 0 amide bonds. The molecule has 0 saturated carbocycles. The fraction of sp³-hybridized carbons (Fsp3) is 0.167. The van der Waals surface area contributed by atoms with E-state index in [1.165, 1.54) is 5.57 Å². The van der Waals surface area contributed by atoms with E-state index in [0.717, 1.165) is 34.4 Å². The van der Waals surface area contributed by atoms with Crippen LogP contribution in [0, 0.1) is 0 Å². The van der Waals surface area contributed by atoms with Crippen molar-refractivity contribution in [2.45, 2.75) is 20.3 Å². The maximum Gasteiger partial charge on any atom is 0.119 e. The fourth-order valence-corrected chi connectivity index (χ4v) is 3.22. The second-order valence-electron chi connectivity index (χ2n) is 6.26. The molecule has 0 aliphatic rings. The van der Waals surface area contributed by atoms with Crippen LogP contribution in [-0.4, -0.2) is 16.8 Å². The summed E-state index contributed by atoms with van der Waals surface area (Å²) < 4.78 is 5.57. The first kappa shape index (κ1) is 18.6. The minimum Gasteiger partial charge on any atom is -0.508 e. The number of phenolic OH excluding ortho intramolecular Hbond substituents is 2. The molecule has 0 unspecified atom stereocenters. The topological polar surface area (TPSA) is 49.7 Å². The standard InChI is InChI=1S/C24H24O3/c1-3-23(17-5-11-20(25)12-6-17)24(18-7-13-21(26)14-8-18)19-9-15-22(16-10-19)27-4-2/h5-16,25-26H,3-4H2,1-2H3/b24-23+. The van der Waals surface area contributed by atoms with Crippen molar-refractivity contribution >= 4 is 11.1 Å². The van der Waals surface area contributed by atoms with Crippen LogP contribution in [0.2, 0.25) is 0 Å². The summed E-state index contributed by atoms with van der Waals surface area (Å²) in [5, 5.41) is 19.3. The van der Waals surface area contributed by atoms with Crippen LogP contribution in [-0.2, 0) is 0 Å². The van der Waals surface area contributed by atoms with E-state index < -0.39 is 0 Å². The Morgan fingerprint density at radius 3 is 1.56 bits per heavy atom. The van der Waals surface area contributed by atoms with Gasteiger partial charge in [-0.15, -0.1) is 0 Å². The van der Waals surface area contributed by atoms with Crippen molar-refractivity contribution in [3.63, 3.8) is 0 Å². The van der Waals surface area contributed by atoms with Gasteiger partial charge in [-0.05, 0) is 77.6 Å². The molecule has 3 nitrogen and oxygen atoms in total. The Morgan fingerprint density at radius 1 is 0.667 bits per heavy atom. The summed E-state index contributed by atoms with van der Waals surface area (Å²) in [7, 11) is 0. The summed E-state index contributed by atoms with van der Waals surface area (Å²) in [4.78, 5) is 0. The van der Waals surface area contributed by atoms with E-state index in [9.17, 15) is 10.2 Å². The lowest BCUT2D eigenvalue weighted by atomic mass is 9.88. The van der Waals surface area contributed by atoms with Crippen LogP contribution in [0.4, 0.5) is 0 Å².